The first-order chi connectivity index (χ1) is 12.3. The van der Waals surface area contributed by atoms with Crippen molar-refractivity contribution in [3.05, 3.63) is 76.8 Å². The molecule has 6 heteroatoms. The van der Waals surface area contributed by atoms with Crippen LogP contribution in [0.15, 0.2) is 70.8 Å². The Morgan fingerprint density at radius 1 is 1.12 bits per heavy atom. The predicted molar refractivity (Wildman–Crippen MR) is 101 cm³/mol. The van der Waals surface area contributed by atoms with E-state index in [0.29, 0.717) is 10.9 Å². The minimum atomic E-state index is -0.363. The van der Waals surface area contributed by atoms with Gasteiger partial charge in [-0.2, -0.15) is 0 Å². The van der Waals surface area contributed by atoms with Crippen LogP contribution in [0.3, 0.4) is 0 Å². The summed E-state index contributed by atoms with van der Waals surface area (Å²) >= 11 is 1.40. The van der Waals surface area contributed by atoms with Crippen LogP contribution >= 0.6 is 11.8 Å². The number of amides is 1. The number of carbonyl (C=O) groups excluding carboxylic acids is 1. The number of hydrazone groups is 1. The van der Waals surface area contributed by atoms with Crippen LogP contribution in [0.4, 0.5) is 0 Å². The van der Waals surface area contributed by atoms with Crippen molar-refractivity contribution in [3.63, 3.8) is 0 Å². The van der Waals surface area contributed by atoms with Crippen molar-refractivity contribution in [2.45, 2.75) is 6.17 Å². The van der Waals surface area contributed by atoms with Crippen molar-refractivity contribution in [1.82, 2.24) is 10.3 Å². The van der Waals surface area contributed by atoms with Gasteiger partial charge in [-0.05, 0) is 24.0 Å². The molecular weight excluding hydrogens is 332 g/mol. The number of thioether (sulfide) groups is 1. The monoisotopic (exact) mass is 348 g/mol. The van der Waals surface area contributed by atoms with E-state index in [0.717, 1.165) is 16.1 Å². The first-order valence-corrected chi connectivity index (χ1v) is 9.12. The molecule has 2 aromatic carbocycles. The average molecular weight is 348 g/mol. The molecular formula is C19H16N4OS. The van der Waals surface area contributed by atoms with Crippen LogP contribution < -0.4 is 15.9 Å². The number of fused-ring (bicyclic) bond motifs is 2. The summed E-state index contributed by atoms with van der Waals surface area (Å²) in [7, 11) is 0. The van der Waals surface area contributed by atoms with Crippen LogP contribution in [0.25, 0.3) is 11.8 Å². The largest absolute Gasteiger partial charge is 0.298 e. The molecule has 0 unspecified atom stereocenters. The van der Waals surface area contributed by atoms with Gasteiger partial charge in [0.2, 0.25) is 0 Å². The Morgan fingerprint density at radius 3 is 2.68 bits per heavy atom. The molecule has 0 saturated carbocycles. The zero-order valence-electron chi connectivity index (χ0n) is 13.6. The molecule has 1 atom stereocenters. The van der Waals surface area contributed by atoms with Crippen LogP contribution in [-0.4, -0.2) is 28.5 Å². The first kappa shape index (κ1) is 15.7. The highest BCUT2D eigenvalue weighted by Crippen LogP contribution is 2.21. The van der Waals surface area contributed by atoms with Gasteiger partial charge >= 0.3 is 0 Å². The molecule has 1 amide bonds. The van der Waals surface area contributed by atoms with Crippen molar-refractivity contribution < 1.29 is 4.79 Å². The molecule has 25 heavy (non-hydrogen) atoms. The molecule has 2 heterocycles. The van der Waals surface area contributed by atoms with E-state index in [1.165, 1.54) is 11.8 Å². The third-order valence-electron chi connectivity index (χ3n) is 4.00. The summed E-state index contributed by atoms with van der Waals surface area (Å²) in [6.07, 6.45) is 5.48. The summed E-state index contributed by atoms with van der Waals surface area (Å²) in [5, 5.41) is 11.3. The van der Waals surface area contributed by atoms with Crippen molar-refractivity contribution in [2.75, 3.05) is 6.26 Å². The third kappa shape index (κ3) is 2.96. The maximum Gasteiger partial charge on any atom is 0.276 e. The van der Waals surface area contributed by atoms with E-state index in [1.54, 1.807) is 5.01 Å². The number of nitrogens with one attached hydrogen (secondary N) is 1. The second-order valence-corrected chi connectivity index (χ2v) is 6.38. The lowest BCUT2D eigenvalue weighted by Crippen LogP contribution is -2.52. The van der Waals surface area contributed by atoms with E-state index in [4.69, 9.17) is 4.99 Å². The maximum atomic E-state index is 12.6. The summed E-state index contributed by atoms with van der Waals surface area (Å²) in [4.78, 5) is 17.4. The van der Waals surface area contributed by atoms with Gasteiger partial charge in [0.1, 0.15) is 5.70 Å². The number of nitrogens with zero attached hydrogens (tertiary/aromatic N) is 3. The van der Waals surface area contributed by atoms with Crippen LogP contribution in [0, 0.1) is 0 Å². The van der Waals surface area contributed by atoms with Crippen molar-refractivity contribution in [2.24, 2.45) is 10.1 Å². The summed E-state index contributed by atoms with van der Waals surface area (Å²) < 4.78 is 0. The smallest absolute Gasteiger partial charge is 0.276 e. The van der Waals surface area contributed by atoms with Gasteiger partial charge < -0.3 is 0 Å². The number of rotatable bonds is 2. The standard InChI is InChI=1S/C19H16N4OS/c1-25-19-21-18(24)17-14-9-5-6-10-15(14)20-16(23(17)22-19)12-11-13-7-3-2-4-8-13/h2-12,16H,1H3,(H,21,22,24)/b12-11+/t16-/m1/s1. The Balaban J connectivity index is 1.84. The lowest BCUT2D eigenvalue weighted by atomic mass is 10.1. The molecule has 1 N–H and O–H groups in total. The zero-order valence-corrected chi connectivity index (χ0v) is 14.4. The Bertz CT molecular complexity index is 998. The summed E-state index contributed by atoms with van der Waals surface area (Å²) in [5.41, 5.74) is 1.61. The Labute approximate surface area is 149 Å². The van der Waals surface area contributed by atoms with Gasteiger partial charge in [0.25, 0.3) is 5.91 Å². The van der Waals surface area contributed by atoms with E-state index in [1.807, 2.05) is 73.0 Å². The van der Waals surface area contributed by atoms with E-state index >= 15 is 0 Å². The van der Waals surface area contributed by atoms with Crippen molar-refractivity contribution in [1.29, 1.82) is 0 Å². The van der Waals surface area contributed by atoms with Crippen LogP contribution in [0.2, 0.25) is 0 Å². The fourth-order valence-corrected chi connectivity index (χ4v) is 3.20. The number of hydrogen-bond donors (Lipinski definition) is 1. The zero-order chi connectivity index (χ0) is 17.2. The average Bonchev–Trinajstić information content (AvgIpc) is 2.66. The minimum absolute atomic E-state index is 0.153. The number of carbonyl (C=O) groups is 1. The van der Waals surface area contributed by atoms with E-state index in [9.17, 15) is 4.79 Å². The van der Waals surface area contributed by atoms with Gasteiger partial charge in [0.05, 0.1) is 5.36 Å². The molecule has 0 aliphatic carbocycles. The minimum Gasteiger partial charge on any atom is -0.298 e. The van der Waals surface area contributed by atoms with Gasteiger partial charge in [0, 0.05) is 5.22 Å². The highest BCUT2D eigenvalue weighted by Gasteiger charge is 2.31. The molecule has 0 radical (unpaired) electrons. The van der Waals surface area contributed by atoms with Crippen LogP contribution in [-0.2, 0) is 4.79 Å². The molecule has 0 fully saturated rings. The summed E-state index contributed by atoms with van der Waals surface area (Å²) in [6, 6.07) is 17.7. The Morgan fingerprint density at radius 2 is 1.88 bits per heavy atom. The molecule has 2 aliphatic rings. The number of amidine groups is 1. The second kappa shape index (κ2) is 6.57. The molecule has 0 aromatic heterocycles. The molecule has 2 aliphatic heterocycles. The topological polar surface area (TPSA) is 57.1 Å². The first-order valence-electron chi connectivity index (χ1n) is 7.90. The van der Waals surface area contributed by atoms with Crippen LogP contribution in [0.1, 0.15) is 5.56 Å². The maximum absolute atomic E-state index is 12.6. The molecule has 0 saturated heterocycles. The molecule has 124 valence electrons. The van der Waals surface area contributed by atoms with Gasteiger partial charge in [-0.25, -0.2) is 5.01 Å². The fourth-order valence-electron chi connectivity index (χ4n) is 2.83. The third-order valence-corrected chi connectivity index (χ3v) is 4.57. The second-order valence-electron chi connectivity index (χ2n) is 5.59. The molecule has 4 rings (SSSR count). The molecule has 0 spiro atoms. The summed E-state index contributed by atoms with van der Waals surface area (Å²) in [5.74, 6) is -0.153. The van der Waals surface area contributed by atoms with Crippen molar-refractivity contribution >= 4 is 34.6 Å². The Hall–Kier alpha value is -2.86. The molecule has 5 nitrogen and oxygen atoms in total. The predicted octanol–water partition coefficient (Wildman–Crippen LogP) is 1.53. The van der Waals surface area contributed by atoms with Gasteiger partial charge in [0.15, 0.2) is 11.3 Å². The molecule has 0 bridgehead atoms. The number of para-hydroxylation sites is 1. The van der Waals surface area contributed by atoms with E-state index < -0.39 is 0 Å². The fraction of sp³-hybridized carbons (Fsp3) is 0.105. The van der Waals surface area contributed by atoms with E-state index in [-0.39, 0.29) is 12.1 Å². The van der Waals surface area contributed by atoms with Crippen molar-refractivity contribution in [3.8, 4) is 0 Å². The number of hydrogen-bond acceptors (Lipinski definition) is 5. The SMILES string of the molecule is CSC1=NN2C(=c3ccccc3=N[C@H]2/C=C/c2ccccc2)C(=O)N1. The lowest BCUT2D eigenvalue weighted by Gasteiger charge is -2.32. The highest BCUT2D eigenvalue weighted by atomic mass is 32.2. The lowest BCUT2D eigenvalue weighted by molar-refractivity contribution is -0.116. The van der Waals surface area contributed by atoms with E-state index in [2.05, 4.69) is 10.4 Å². The normalized spacial score (nSPS) is 19.0. The quantitative estimate of drug-likeness (QED) is 0.896. The molecule has 2 aromatic rings. The van der Waals surface area contributed by atoms with Gasteiger partial charge in [-0.15, -0.1) is 5.10 Å². The van der Waals surface area contributed by atoms with Crippen LogP contribution in [0.5, 0.6) is 0 Å². The van der Waals surface area contributed by atoms with Gasteiger partial charge in [-0.3, -0.25) is 15.1 Å². The Kier molecular flexibility index (Phi) is 4.11. The highest BCUT2D eigenvalue weighted by molar-refractivity contribution is 8.13. The summed E-state index contributed by atoms with van der Waals surface area (Å²) in [6.45, 7) is 0. The number of benzene rings is 2. The van der Waals surface area contributed by atoms with Gasteiger partial charge in [-0.1, -0.05) is 66.4 Å².